The number of rotatable bonds is 12. The molecule has 0 aliphatic heterocycles. The molecule has 0 aliphatic carbocycles. The summed E-state index contributed by atoms with van der Waals surface area (Å²) < 4.78 is 0. The second-order valence-corrected chi connectivity index (χ2v) is 18.3. The summed E-state index contributed by atoms with van der Waals surface area (Å²) in [6.45, 7) is 4.45. The van der Waals surface area contributed by atoms with Gasteiger partial charge in [-0.3, -0.25) is 0 Å². The summed E-state index contributed by atoms with van der Waals surface area (Å²) in [4.78, 5) is 4.96. The summed E-state index contributed by atoms with van der Waals surface area (Å²) in [5.41, 5.74) is 18.8. The number of aryl methyl sites for hydroxylation is 2. The zero-order valence-electron chi connectivity index (χ0n) is 39.6. The van der Waals surface area contributed by atoms with Crippen LogP contribution in [0.5, 0.6) is 0 Å². The molecule has 0 atom stereocenters. The highest BCUT2D eigenvalue weighted by Crippen LogP contribution is 2.49. The minimum atomic E-state index is 0.979. The van der Waals surface area contributed by atoms with Crippen LogP contribution in [-0.2, 0) is 12.8 Å². The van der Waals surface area contributed by atoms with Gasteiger partial charge in [-0.1, -0.05) is 196 Å². The lowest BCUT2D eigenvalue weighted by atomic mass is 9.91. The van der Waals surface area contributed by atoms with Crippen molar-refractivity contribution in [2.75, 3.05) is 9.80 Å². The van der Waals surface area contributed by atoms with E-state index in [0.717, 1.165) is 47.0 Å². The number of anilines is 6. The highest BCUT2D eigenvalue weighted by atomic mass is 15.1. The molecule has 12 aromatic carbocycles. The molecule has 0 unspecified atom stereocenters. The predicted molar refractivity (Wildman–Crippen MR) is 300 cm³/mol. The van der Waals surface area contributed by atoms with E-state index in [2.05, 4.69) is 278 Å². The third-order valence-electron chi connectivity index (χ3n) is 14.1. The molecule has 0 aliphatic rings. The first-order chi connectivity index (χ1) is 34.6. The molecular formula is C68H52N2. The Bertz CT molecular complexity index is 3380. The van der Waals surface area contributed by atoms with Gasteiger partial charge >= 0.3 is 0 Å². The van der Waals surface area contributed by atoms with E-state index in [1.807, 2.05) is 0 Å². The number of hydrogen-bond donors (Lipinski definition) is 0. The first-order valence-electron chi connectivity index (χ1n) is 24.6. The SMILES string of the molecule is CCc1ccc(N(c2cc(-c3ccccc3)cc(-c3ccccc3)c2)c2ccc3ccc4c(N(c5ccc(CC)cc5)c5cc(-c6ccccc6)cc(-c6ccccc6)c5)ccc5ccc2c3c54)cc1. The number of hydrogen-bond acceptors (Lipinski definition) is 2. The van der Waals surface area contributed by atoms with Gasteiger partial charge in [0.05, 0.1) is 11.4 Å². The minimum Gasteiger partial charge on any atom is -0.310 e. The van der Waals surface area contributed by atoms with Gasteiger partial charge in [0.2, 0.25) is 0 Å². The molecule has 0 radical (unpaired) electrons. The second kappa shape index (κ2) is 18.4. The van der Waals surface area contributed by atoms with Crippen LogP contribution in [-0.4, -0.2) is 0 Å². The maximum Gasteiger partial charge on any atom is 0.0540 e. The Morgan fingerprint density at radius 2 is 0.557 bits per heavy atom. The average molecular weight is 897 g/mol. The van der Waals surface area contributed by atoms with Gasteiger partial charge in [0.25, 0.3) is 0 Å². The monoisotopic (exact) mass is 896 g/mol. The Labute approximate surface area is 411 Å². The van der Waals surface area contributed by atoms with Crippen molar-refractivity contribution in [3.63, 3.8) is 0 Å². The van der Waals surface area contributed by atoms with Crippen LogP contribution in [0.1, 0.15) is 25.0 Å². The maximum atomic E-state index is 2.48. The van der Waals surface area contributed by atoms with Crippen LogP contribution in [0.25, 0.3) is 76.8 Å². The van der Waals surface area contributed by atoms with E-state index in [-0.39, 0.29) is 0 Å². The van der Waals surface area contributed by atoms with Crippen molar-refractivity contribution in [2.24, 2.45) is 0 Å². The largest absolute Gasteiger partial charge is 0.310 e. The molecule has 0 amide bonds. The molecular weight excluding hydrogens is 845 g/mol. The fourth-order valence-corrected chi connectivity index (χ4v) is 10.4. The number of benzene rings is 12. The van der Waals surface area contributed by atoms with Crippen LogP contribution < -0.4 is 9.80 Å². The fourth-order valence-electron chi connectivity index (χ4n) is 10.4. The van der Waals surface area contributed by atoms with E-state index in [1.54, 1.807) is 0 Å². The lowest BCUT2D eigenvalue weighted by Gasteiger charge is -2.30. The van der Waals surface area contributed by atoms with E-state index in [1.165, 1.54) is 88.0 Å². The van der Waals surface area contributed by atoms with Crippen LogP contribution in [0.15, 0.2) is 255 Å². The number of nitrogens with zero attached hydrogens (tertiary/aromatic N) is 2. The molecule has 334 valence electrons. The van der Waals surface area contributed by atoms with Gasteiger partial charge in [-0.05, 0) is 163 Å². The topological polar surface area (TPSA) is 6.48 Å². The van der Waals surface area contributed by atoms with E-state index in [0.29, 0.717) is 0 Å². The third-order valence-corrected chi connectivity index (χ3v) is 14.1. The Balaban J connectivity index is 1.10. The molecule has 2 heteroatoms. The normalized spacial score (nSPS) is 11.4. The van der Waals surface area contributed by atoms with Gasteiger partial charge < -0.3 is 9.80 Å². The summed E-state index contributed by atoms with van der Waals surface area (Å²) in [6.07, 6.45) is 1.96. The lowest BCUT2D eigenvalue weighted by Crippen LogP contribution is -2.12. The van der Waals surface area contributed by atoms with E-state index >= 15 is 0 Å². The second-order valence-electron chi connectivity index (χ2n) is 18.3. The first-order valence-corrected chi connectivity index (χ1v) is 24.6. The van der Waals surface area contributed by atoms with Gasteiger partial charge in [0, 0.05) is 33.5 Å². The van der Waals surface area contributed by atoms with Crippen molar-refractivity contribution in [3.8, 4) is 44.5 Å². The molecule has 0 aromatic heterocycles. The van der Waals surface area contributed by atoms with Gasteiger partial charge in [-0.25, -0.2) is 0 Å². The predicted octanol–water partition coefficient (Wildman–Crippen LogP) is 19.3. The van der Waals surface area contributed by atoms with Crippen molar-refractivity contribution in [2.45, 2.75) is 26.7 Å². The highest BCUT2D eigenvalue weighted by Gasteiger charge is 2.24. The van der Waals surface area contributed by atoms with Gasteiger partial charge in [-0.2, -0.15) is 0 Å². The molecule has 0 saturated heterocycles. The highest BCUT2D eigenvalue weighted by molar-refractivity contribution is 6.28. The van der Waals surface area contributed by atoms with Crippen molar-refractivity contribution in [3.05, 3.63) is 266 Å². The van der Waals surface area contributed by atoms with E-state index < -0.39 is 0 Å². The molecule has 0 bridgehead atoms. The van der Waals surface area contributed by atoms with Crippen LogP contribution in [0.2, 0.25) is 0 Å². The summed E-state index contributed by atoms with van der Waals surface area (Å²) in [5, 5.41) is 7.36. The van der Waals surface area contributed by atoms with Crippen molar-refractivity contribution in [1.29, 1.82) is 0 Å². The summed E-state index contributed by atoms with van der Waals surface area (Å²) in [5.74, 6) is 0. The van der Waals surface area contributed by atoms with Crippen LogP contribution in [0.4, 0.5) is 34.1 Å². The summed E-state index contributed by atoms with van der Waals surface area (Å²) in [7, 11) is 0. The Morgan fingerprint density at radius 1 is 0.257 bits per heavy atom. The van der Waals surface area contributed by atoms with Gasteiger partial charge in [0.1, 0.15) is 0 Å². The van der Waals surface area contributed by atoms with Crippen LogP contribution >= 0.6 is 0 Å². The average Bonchev–Trinajstić information content (AvgIpc) is 3.44. The third kappa shape index (κ3) is 7.94. The zero-order chi connectivity index (χ0) is 47.0. The molecule has 0 heterocycles. The standard InChI is InChI=1S/C68H52N2/c1-3-47-25-33-59(34-26-47)69(61-43-55(49-17-9-5-10-18-49)41-56(44-61)50-19-11-6-12-20-50)65-39-31-53-30-38-64-66(40-32-54-29-37-63(65)67(53)68(54)64)70(60-35-27-48(4-2)28-36-60)62-45-57(51-21-13-7-14-22-51)42-58(46-62)52-23-15-8-16-24-52/h5-46H,3-4H2,1-2H3. The molecule has 0 saturated carbocycles. The maximum absolute atomic E-state index is 2.48. The smallest absolute Gasteiger partial charge is 0.0540 e. The molecule has 70 heavy (non-hydrogen) atoms. The van der Waals surface area contributed by atoms with Gasteiger partial charge in [-0.15, -0.1) is 0 Å². The van der Waals surface area contributed by atoms with Crippen LogP contribution in [0.3, 0.4) is 0 Å². The summed E-state index contributed by atoms with van der Waals surface area (Å²) in [6, 6.07) is 94.2. The molecule has 0 N–H and O–H groups in total. The Kier molecular flexibility index (Phi) is 11.2. The lowest BCUT2D eigenvalue weighted by molar-refractivity contribution is 1.14. The zero-order valence-corrected chi connectivity index (χ0v) is 39.6. The van der Waals surface area contributed by atoms with Crippen molar-refractivity contribution in [1.82, 2.24) is 0 Å². The van der Waals surface area contributed by atoms with Crippen molar-refractivity contribution >= 4 is 66.4 Å². The molecule has 12 aromatic rings. The Hall–Kier alpha value is -8.72. The van der Waals surface area contributed by atoms with E-state index in [9.17, 15) is 0 Å². The fraction of sp³-hybridized carbons (Fsp3) is 0.0588. The quantitative estimate of drug-likeness (QED) is 0.113. The van der Waals surface area contributed by atoms with E-state index in [4.69, 9.17) is 0 Å². The first kappa shape index (κ1) is 42.6. The summed E-state index contributed by atoms with van der Waals surface area (Å²) >= 11 is 0. The Morgan fingerprint density at radius 3 is 0.857 bits per heavy atom. The van der Waals surface area contributed by atoms with Crippen LogP contribution in [0, 0.1) is 0 Å². The molecule has 12 rings (SSSR count). The minimum absolute atomic E-state index is 0.979. The van der Waals surface area contributed by atoms with Crippen molar-refractivity contribution < 1.29 is 0 Å². The molecule has 2 nitrogen and oxygen atoms in total. The molecule has 0 fully saturated rings. The van der Waals surface area contributed by atoms with Gasteiger partial charge in [0.15, 0.2) is 0 Å². The molecule has 0 spiro atoms.